The molecule has 0 radical (unpaired) electrons. The SMILES string of the molecule is CCCCCNC(=O)Nc1cccc(C(C)(C)C)n1. The zero-order valence-electron chi connectivity index (χ0n) is 12.4. The molecule has 1 rings (SSSR count). The topological polar surface area (TPSA) is 54.0 Å². The minimum Gasteiger partial charge on any atom is -0.338 e. The number of pyridine rings is 1. The molecule has 19 heavy (non-hydrogen) atoms. The van der Waals surface area contributed by atoms with Gasteiger partial charge in [0.2, 0.25) is 0 Å². The third-order valence-corrected chi connectivity index (χ3v) is 2.83. The molecular weight excluding hydrogens is 238 g/mol. The second kappa shape index (κ2) is 7.12. The highest BCUT2D eigenvalue weighted by Crippen LogP contribution is 2.21. The van der Waals surface area contributed by atoms with Gasteiger partial charge in [0.15, 0.2) is 0 Å². The molecule has 1 aromatic heterocycles. The molecular formula is C15H25N3O. The van der Waals surface area contributed by atoms with E-state index in [4.69, 9.17) is 0 Å². The molecule has 0 saturated heterocycles. The lowest BCUT2D eigenvalue weighted by molar-refractivity contribution is 0.252. The van der Waals surface area contributed by atoms with Crippen molar-refractivity contribution in [1.29, 1.82) is 0 Å². The molecule has 4 nitrogen and oxygen atoms in total. The average Bonchev–Trinajstić information content (AvgIpc) is 2.34. The minimum atomic E-state index is -0.185. The first kappa shape index (κ1) is 15.5. The minimum absolute atomic E-state index is 0.0186. The average molecular weight is 263 g/mol. The quantitative estimate of drug-likeness (QED) is 0.796. The molecule has 0 unspecified atom stereocenters. The van der Waals surface area contributed by atoms with Crippen molar-refractivity contribution < 1.29 is 4.79 Å². The second-order valence-corrected chi connectivity index (χ2v) is 5.75. The molecule has 106 valence electrons. The molecule has 0 saturated carbocycles. The summed E-state index contributed by atoms with van der Waals surface area (Å²) in [6, 6.07) is 5.51. The number of anilines is 1. The van der Waals surface area contributed by atoms with Crippen molar-refractivity contribution in [2.75, 3.05) is 11.9 Å². The van der Waals surface area contributed by atoms with Gasteiger partial charge in [0.25, 0.3) is 0 Å². The summed E-state index contributed by atoms with van der Waals surface area (Å²) >= 11 is 0. The van der Waals surface area contributed by atoms with Gasteiger partial charge in [-0.25, -0.2) is 9.78 Å². The highest BCUT2D eigenvalue weighted by molar-refractivity contribution is 5.88. The fraction of sp³-hybridized carbons (Fsp3) is 0.600. The van der Waals surface area contributed by atoms with E-state index in [9.17, 15) is 4.79 Å². The molecule has 2 N–H and O–H groups in total. The van der Waals surface area contributed by atoms with Crippen LogP contribution in [0.2, 0.25) is 0 Å². The summed E-state index contributed by atoms with van der Waals surface area (Å²) in [5, 5.41) is 5.60. The normalized spacial score (nSPS) is 11.2. The Hall–Kier alpha value is -1.58. The molecule has 2 amide bonds. The number of carbonyl (C=O) groups excluding carboxylic acids is 1. The monoisotopic (exact) mass is 263 g/mol. The summed E-state index contributed by atoms with van der Waals surface area (Å²) < 4.78 is 0. The van der Waals surface area contributed by atoms with Crippen LogP contribution in [0.5, 0.6) is 0 Å². The Morgan fingerprint density at radius 2 is 2.00 bits per heavy atom. The molecule has 0 aromatic carbocycles. The third kappa shape index (κ3) is 5.73. The third-order valence-electron chi connectivity index (χ3n) is 2.83. The van der Waals surface area contributed by atoms with E-state index in [1.54, 1.807) is 6.07 Å². The van der Waals surface area contributed by atoms with Crippen LogP contribution in [-0.2, 0) is 5.41 Å². The highest BCUT2D eigenvalue weighted by atomic mass is 16.2. The molecule has 0 aliphatic rings. The Balaban J connectivity index is 2.50. The molecule has 0 spiro atoms. The number of nitrogens with one attached hydrogen (secondary N) is 2. The molecule has 1 heterocycles. The van der Waals surface area contributed by atoms with Crippen LogP contribution in [0.4, 0.5) is 10.6 Å². The van der Waals surface area contributed by atoms with Gasteiger partial charge in [-0.05, 0) is 18.6 Å². The van der Waals surface area contributed by atoms with Crippen molar-refractivity contribution in [3.63, 3.8) is 0 Å². The molecule has 0 bridgehead atoms. The largest absolute Gasteiger partial charge is 0.338 e. The maximum atomic E-state index is 11.7. The molecule has 1 aromatic rings. The summed E-state index contributed by atoms with van der Waals surface area (Å²) in [7, 11) is 0. The Bertz CT molecular complexity index is 410. The number of nitrogens with zero attached hydrogens (tertiary/aromatic N) is 1. The number of amides is 2. The van der Waals surface area contributed by atoms with Crippen LogP contribution < -0.4 is 10.6 Å². The van der Waals surface area contributed by atoms with E-state index in [0.29, 0.717) is 12.4 Å². The number of unbranched alkanes of at least 4 members (excludes halogenated alkanes) is 2. The van der Waals surface area contributed by atoms with Crippen LogP contribution in [0.25, 0.3) is 0 Å². The van der Waals surface area contributed by atoms with Gasteiger partial charge >= 0.3 is 6.03 Å². The van der Waals surface area contributed by atoms with Crippen molar-refractivity contribution in [2.24, 2.45) is 0 Å². The van der Waals surface area contributed by atoms with Crippen LogP contribution >= 0.6 is 0 Å². The fourth-order valence-corrected chi connectivity index (χ4v) is 1.66. The lowest BCUT2D eigenvalue weighted by Crippen LogP contribution is -2.30. The zero-order chi connectivity index (χ0) is 14.3. The van der Waals surface area contributed by atoms with E-state index in [1.807, 2.05) is 12.1 Å². The Labute approximate surface area is 116 Å². The lowest BCUT2D eigenvalue weighted by Gasteiger charge is -2.18. The summed E-state index contributed by atoms with van der Waals surface area (Å²) in [6.45, 7) is 9.15. The van der Waals surface area contributed by atoms with Crippen LogP contribution in [0.1, 0.15) is 52.7 Å². The molecule has 0 aliphatic heterocycles. The molecule has 0 fully saturated rings. The van der Waals surface area contributed by atoms with Gasteiger partial charge in [0.1, 0.15) is 5.82 Å². The number of aromatic nitrogens is 1. The number of carbonyl (C=O) groups is 1. The first-order valence-electron chi connectivity index (χ1n) is 6.96. The van der Waals surface area contributed by atoms with Gasteiger partial charge in [0, 0.05) is 17.7 Å². The van der Waals surface area contributed by atoms with Crippen LogP contribution in [0.15, 0.2) is 18.2 Å². The van der Waals surface area contributed by atoms with E-state index in [0.717, 1.165) is 25.0 Å². The second-order valence-electron chi connectivity index (χ2n) is 5.75. The van der Waals surface area contributed by atoms with E-state index in [-0.39, 0.29) is 11.4 Å². The molecule has 4 heteroatoms. The van der Waals surface area contributed by atoms with E-state index < -0.39 is 0 Å². The Kier molecular flexibility index (Phi) is 5.80. The van der Waals surface area contributed by atoms with Gasteiger partial charge in [-0.15, -0.1) is 0 Å². The van der Waals surface area contributed by atoms with Crippen molar-refractivity contribution in [3.05, 3.63) is 23.9 Å². The summed E-state index contributed by atoms with van der Waals surface area (Å²) in [5.74, 6) is 0.598. The number of rotatable bonds is 5. The van der Waals surface area contributed by atoms with Crippen LogP contribution in [0, 0.1) is 0 Å². The van der Waals surface area contributed by atoms with Gasteiger partial charge in [-0.1, -0.05) is 46.6 Å². The first-order chi connectivity index (χ1) is 8.93. The molecule has 0 aliphatic carbocycles. The summed E-state index contributed by atoms with van der Waals surface area (Å²) in [4.78, 5) is 16.1. The van der Waals surface area contributed by atoms with E-state index in [2.05, 4.69) is 43.3 Å². The number of hydrogen-bond donors (Lipinski definition) is 2. The van der Waals surface area contributed by atoms with Crippen LogP contribution in [-0.4, -0.2) is 17.6 Å². The predicted molar refractivity (Wildman–Crippen MR) is 79.5 cm³/mol. The van der Waals surface area contributed by atoms with E-state index >= 15 is 0 Å². The Morgan fingerprint density at radius 3 is 2.63 bits per heavy atom. The first-order valence-corrected chi connectivity index (χ1v) is 6.96. The Morgan fingerprint density at radius 1 is 1.26 bits per heavy atom. The van der Waals surface area contributed by atoms with Crippen molar-refractivity contribution in [2.45, 2.75) is 52.4 Å². The van der Waals surface area contributed by atoms with Crippen LogP contribution in [0.3, 0.4) is 0 Å². The van der Waals surface area contributed by atoms with Crippen molar-refractivity contribution >= 4 is 11.8 Å². The summed E-state index contributed by atoms with van der Waals surface area (Å²) in [5.41, 5.74) is 0.950. The van der Waals surface area contributed by atoms with E-state index in [1.165, 1.54) is 0 Å². The standard InChI is InChI=1S/C15H25N3O/c1-5-6-7-11-16-14(19)18-13-10-8-9-12(17-13)15(2,3)4/h8-10H,5-7,11H2,1-4H3,(H2,16,17,18,19). The van der Waals surface area contributed by atoms with Gasteiger partial charge in [0.05, 0.1) is 0 Å². The number of urea groups is 1. The summed E-state index contributed by atoms with van der Waals surface area (Å²) in [6.07, 6.45) is 3.30. The number of hydrogen-bond acceptors (Lipinski definition) is 2. The van der Waals surface area contributed by atoms with Gasteiger partial charge in [-0.2, -0.15) is 0 Å². The van der Waals surface area contributed by atoms with Gasteiger partial charge < -0.3 is 5.32 Å². The van der Waals surface area contributed by atoms with Crippen molar-refractivity contribution in [1.82, 2.24) is 10.3 Å². The smallest absolute Gasteiger partial charge is 0.320 e. The maximum absolute atomic E-state index is 11.7. The van der Waals surface area contributed by atoms with Crippen molar-refractivity contribution in [3.8, 4) is 0 Å². The highest BCUT2D eigenvalue weighted by Gasteiger charge is 2.15. The van der Waals surface area contributed by atoms with Gasteiger partial charge in [-0.3, -0.25) is 5.32 Å². The lowest BCUT2D eigenvalue weighted by atomic mass is 9.92. The fourth-order valence-electron chi connectivity index (χ4n) is 1.66. The molecule has 0 atom stereocenters. The predicted octanol–water partition coefficient (Wildman–Crippen LogP) is 3.69. The zero-order valence-corrected chi connectivity index (χ0v) is 12.4. The maximum Gasteiger partial charge on any atom is 0.320 e.